The van der Waals surface area contributed by atoms with Gasteiger partial charge < -0.3 is 20.1 Å². The van der Waals surface area contributed by atoms with Crippen LogP contribution in [0, 0.1) is 0 Å². The molecule has 0 radical (unpaired) electrons. The number of nitrogens with one attached hydrogen (secondary N) is 2. The van der Waals surface area contributed by atoms with Crippen LogP contribution < -0.4 is 31.4 Å². The van der Waals surface area contributed by atoms with Crippen LogP contribution >= 0.6 is 11.6 Å². The molecule has 1 aromatic heterocycles. The van der Waals surface area contributed by atoms with Gasteiger partial charge in [-0.25, -0.2) is 4.79 Å². The highest BCUT2D eigenvalue weighted by Gasteiger charge is 2.25. The number of methoxy groups -OCH3 is 2. The number of hydrogen-bond acceptors (Lipinski definition) is 7. The third kappa shape index (κ3) is 6.73. The summed E-state index contributed by atoms with van der Waals surface area (Å²) in [6.45, 7) is 1.36. The van der Waals surface area contributed by atoms with Crippen LogP contribution in [0.1, 0.15) is 12.0 Å². The smallest absolute Gasteiger partial charge is 0.332 e. The van der Waals surface area contributed by atoms with Gasteiger partial charge in [-0.2, -0.15) is 0 Å². The zero-order chi connectivity index (χ0) is 30.5. The van der Waals surface area contributed by atoms with E-state index in [1.807, 2.05) is 18.2 Å². The van der Waals surface area contributed by atoms with Gasteiger partial charge in [0.05, 0.1) is 35.8 Å². The number of likely N-dealkylation sites (tertiary alicyclic amines) is 1. The predicted octanol–water partition coefficient (Wildman–Crippen LogP) is 2.86. The molecule has 5 rings (SSSR count). The maximum absolute atomic E-state index is 13.6. The third-order valence-electron chi connectivity index (χ3n) is 7.37. The zero-order valence-corrected chi connectivity index (χ0v) is 24.6. The van der Waals surface area contributed by atoms with Crippen LogP contribution in [0.4, 0.5) is 5.69 Å². The lowest BCUT2D eigenvalue weighted by Gasteiger charge is -2.18. The Labute approximate surface area is 252 Å². The number of para-hydroxylation sites is 1. The number of hydrogen-bond donors (Lipinski definition) is 2. The van der Waals surface area contributed by atoms with E-state index >= 15 is 0 Å². The van der Waals surface area contributed by atoms with E-state index in [1.54, 1.807) is 24.3 Å². The van der Waals surface area contributed by atoms with Gasteiger partial charge in [-0.05, 0) is 30.2 Å². The summed E-state index contributed by atoms with van der Waals surface area (Å²) in [5, 5.41) is 6.13. The molecule has 224 valence electrons. The Balaban J connectivity index is 1.33. The fourth-order valence-electron chi connectivity index (χ4n) is 5.31. The number of halogens is 1. The lowest BCUT2D eigenvalue weighted by molar-refractivity contribution is -0.122. The molecule has 0 saturated carbocycles. The van der Waals surface area contributed by atoms with Crippen LogP contribution in [0.2, 0.25) is 5.02 Å². The highest BCUT2D eigenvalue weighted by molar-refractivity contribution is 6.32. The van der Waals surface area contributed by atoms with Crippen LogP contribution in [0.3, 0.4) is 0 Å². The second-order valence-electron chi connectivity index (χ2n) is 10.3. The molecule has 0 spiro atoms. The van der Waals surface area contributed by atoms with E-state index in [-0.39, 0.29) is 27.7 Å². The van der Waals surface area contributed by atoms with Gasteiger partial charge in [0.25, 0.3) is 5.56 Å². The molecule has 3 aromatic carbocycles. The molecule has 2 heterocycles. The van der Waals surface area contributed by atoms with Crippen LogP contribution in [-0.4, -0.2) is 59.2 Å². The van der Waals surface area contributed by atoms with E-state index in [4.69, 9.17) is 21.1 Å². The molecule has 43 heavy (non-hydrogen) atoms. The van der Waals surface area contributed by atoms with Gasteiger partial charge >= 0.3 is 5.69 Å². The molecule has 2 amide bonds. The van der Waals surface area contributed by atoms with E-state index < -0.39 is 36.2 Å². The maximum Gasteiger partial charge on any atom is 0.332 e. The number of amides is 2. The Morgan fingerprint density at radius 1 is 0.907 bits per heavy atom. The monoisotopic (exact) mass is 605 g/mol. The number of anilines is 1. The van der Waals surface area contributed by atoms with Crippen molar-refractivity contribution in [2.24, 2.45) is 0 Å². The average Bonchev–Trinajstić information content (AvgIpc) is 3.44. The van der Waals surface area contributed by atoms with Crippen molar-refractivity contribution in [1.82, 2.24) is 19.4 Å². The summed E-state index contributed by atoms with van der Waals surface area (Å²) in [5.74, 6) is -0.339. The van der Waals surface area contributed by atoms with Gasteiger partial charge in [-0.15, -0.1) is 0 Å². The topological polar surface area (TPSA) is 124 Å². The van der Waals surface area contributed by atoms with E-state index in [1.165, 1.54) is 36.5 Å². The van der Waals surface area contributed by atoms with Crippen molar-refractivity contribution in [3.8, 4) is 11.5 Å². The Bertz CT molecular complexity index is 1770. The molecule has 1 saturated heterocycles. The van der Waals surface area contributed by atoms with E-state index in [0.717, 1.165) is 24.1 Å². The van der Waals surface area contributed by atoms with Gasteiger partial charge in [-0.3, -0.25) is 28.4 Å². The van der Waals surface area contributed by atoms with Crippen molar-refractivity contribution in [2.75, 3.05) is 32.6 Å². The van der Waals surface area contributed by atoms with Crippen molar-refractivity contribution in [1.29, 1.82) is 0 Å². The van der Waals surface area contributed by atoms with Gasteiger partial charge in [0, 0.05) is 31.7 Å². The van der Waals surface area contributed by atoms with Crippen molar-refractivity contribution in [2.45, 2.75) is 32.1 Å². The largest absolute Gasteiger partial charge is 0.495 e. The number of fused-ring (bicyclic) bond motifs is 1. The van der Waals surface area contributed by atoms with Gasteiger partial charge in [-0.1, -0.05) is 54.1 Å². The molecule has 12 heteroatoms. The first kappa shape index (κ1) is 29.9. The number of carbonyl (C=O) groups excluding carboxylic acids is 2. The molecular weight excluding hydrogens is 574 g/mol. The van der Waals surface area contributed by atoms with Crippen molar-refractivity contribution < 1.29 is 19.1 Å². The summed E-state index contributed by atoms with van der Waals surface area (Å²) in [5.41, 5.74) is 0.368. The lowest BCUT2D eigenvalue weighted by atomic mass is 10.2. The standard InChI is InChI=1S/C31H32ClN5O6/c1-42-26-15-27(43-2)24(14-23(26)32)34-29(39)18-36-25-11-7-6-10-22(25)30(40)37(31(36)41)19-28(38)33-21-12-13-35(17-21)16-20-8-4-3-5-9-20/h3-11,14-15,21H,12-13,16-19H2,1-2H3,(H,33,38)(H,34,39). The summed E-state index contributed by atoms with van der Waals surface area (Å²) >= 11 is 6.23. The molecular formula is C31H32ClN5O6. The molecule has 2 N–H and O–H groups in total. The number of ether oxygens (including phenoxy) is 2. The summed E-state index contributed by atoms with van der Waals surface area (Å²) in [4.78, 5) is 55.3. The van der Waals surface area contributed by atoms with Crippen LogP contribution in [0.5, 0.6) is 11.5 Å². The molecule has 1 unspecified atom stereocenters. The number of aromatic nitrogens is 2. The first-order valence-electron chi connectivity index (χ1n) is 13.8. The lowest BCUT2D eigenvalue weighted by Crippen LogP contribution is -2.46. The van der Waals surface area contributed by atoms with Crippen molar-refractivity contribution >= 4 is 40.0 Å². The molecule has 1 fully saturated rings. The van der Waals surface area contributed by atoms with E-state index in [2.05, 4.69) is 27.7 Å². The molecule has 0 bridgehead atoms. The number of nitrogens with zero attached hydrogens (tertiary/aromatic N) is 3. The minimum absolute atomic E-state index is 0.105. The van der Waals surface area contributed by atoms with Crippen molar-refractivity contribution in [3.05, 3.63) is 98.2 Å². The number of rotatable bonds is 10. The maximum atomic E-state index is 13.6. The Hall–Kier alpha value is -4.61. The van der Waals surface area contributed by atoms with Gasteiger partial charge in [0.15, 0.2) is 0 Å². The summed E-state index contributed by atoms with van der Waals surface area (Å²) < 4.78 is 12.6. The number of benzene rings is 3. The first-order valence-corrected chi connectivity index (χ1v) is 14.1. The summed E-state index contributed by atoms with van der Waals surface area (Å²) in [6.07, 6.45) is 0.758. The van der Waals surface area contributed by atoms with Gasteiger partial charge in [0.2, 0.25) is 11.8 Å². The highest BCUT2D eigenvalue weighted by Crippen LogP contribution is 2.35. The second-order valence-corrected chi connectivity index (χ2v) is 10.7. The minimum Gasteiger partial charge on any atom is -0.495 e. The van der Waals surface area contributed by atoms with Crippen LogP contribution in [0.25, 0.3) is 10.9 Å². The second kappa shape index (κ2) is 13.1. The first-order chi connectivity index (χ1) is 20.8. The number of carbonyl (C=O) groups is 2. The Morgan fingerprint density at radius 2 is 1.60 bits per heavy atom. The molecule has 4 aromatic rings. The SMILES string of the molecule is COc1cc(OC)c(NC(=O)Cn2c(=O)n(CC(=O)NC3CCN(Cc4ccccc4)C3)c(=O)c3ccccc32)cc1Cl. The summed E-state index contributed by atoms with van der Waals surface area (Å²) in [6, 6.07) is 19.5. The average molecular weight is 606 g/mol. The molecule has 11 nitrogen and oxygen atoms in total. The van der Waals surface area contributed by atoms with Crippen LogP contribution in [-0.2, 0) is 29.2 Å². The fourth-order valence-corrected chi connectivity index (χ4v) is 5.55. The van der Waals surface area contributed by atoms with E-state index in [0.29, 0.717) is 18.0 Å². The molecule has 1 aliphatic rings. The Kier molecular flexibility index (Phi) is 9.13. The normalized spacial score (nSPS) is 14.9. The fraction of sp³-hybridized carbons (Fsp3) is 0.290. The Morgan fingerprint density at radius 3 is 2.35 bits per heavy atom. The molecule has 1 atom stereocenters. The highest BCUT2D eigenvalue weighted by atomic mass is 35.5. The molecule has 1 aliphatic heterocycles. The zero-order valence-electron chi connectivity index (χ0n) is 23.8. The quantitative estimate of drug-likeness (QED) is 0.285. The van der Waals surface area contributed by atoms with Crippen molar-refractivity contribution in [3.63, 3.8) is 0 Å². The third-order valence-corrected chi connectivity index (χ3v) is 7.67. The summed E-state index contributed by atoms with van der Waals surface area (Å²) in [7, 11) is 2.89. The van der Waals surface area contributed by atoms with Gasteiger partial charge in [0.1, 0.15) is 24.6 Å². The predicted molar refractivity (Wildman–Crippen MR) is 164 cm³/mol. The minimum atomic E-state index is -0.772. The van der Waals surface area contributed by atoms with Crippen LogP contribution in [0.15, 0.2) is 76.3 Å². The van der Waals surface area contributed by atoms with E-state index in [9.17, 15) is 19.2 Å². The molecule has 0 aliphatic carbocycles.